The second kappa shape index (κ2) is 5.35. The quantitative estimate of drug-likeness (QED) is 0.721. The maximum atomic E-state index is 11.8. The molecule has 1 amide bonds. The molecule has 1 aliphatic rings. The number of amides is 1. The van der Waals surface area contributed by atoms with Gasteiger partial charge in [-0.1, -0.05) is 18.3 Å². The Morgan fingerprint density at radius 1 is 1.59 bits per heavy atom. The van der Waals surface area contributed by atoms with Crippen LogP contribution in [-0.2, 0) is 0 Å². The van der Waals surface area contributed by atoms with Crippen molar-refractivity contribution in [2.75, 3.05) is 24.1 Å². The van der Waals surface area contributed by atoms with Gasteiger partial charge in [0.2, 0.25) is 0 Å². The Morgan fingerprint density at radius 2 is 2.35 bits per heavy atom. The number of carbonyl (C=O) groups excluding carboxylic acids is 1. The predicted molar refractivity (Wildman–Crippen MR) is 70.4 cm³/mol. The number of hydrogen-bond acceptors (Lipinski definition) is 5. The Bertz CT molecular complexity index is 400. The lowest BCUT2D eigenvalue weighted by atomic mass is 10.4. The fourth-order valence-electron chi connectivity index (χ4n) is 1.44. The highest BCUT2D eigenvalue weighted by atomic mass is 32.1. The first-order valence-corrected chi connectivity index (χ1v) is 6.80. The highest BCUT2D eigenvalue weighted by Crippen LogP contribution is 2.28. The molecular weight excluding hydrogens is 236 g/mol. The van der Waals surface area contributed by atoms with E-state index in [1.54, 1.807) is 0 Å². The number of thiazole rings is 1. The van der Waals surface area contributed by atoms with Crippen LogP contribution in [0, 0.1) is 5.92 Å². The zero-order valence-electron chi connectivity index (χ0n) is 9.95. The Morgan fingerprint density at radius 3 is 3.00 bits per heavy atom. The maximum Gasteiger partial charge on any atom is 0.265 e. The van der Waals surface area contributed by atoms with Crippen LogP contribution >= 0.6 is 11.3 Å². The third-order valence-electron chi connectivity index (χ3n) is 2.63. The van der Waals surface area contributed by atoms with Crippen LogP contribution in [0.1, 0.15) is 35.9 Å². The number of nitrogens with two attached hydrogens (primary N) is 1. The van der Waals surface area contributed by atoms with Crippen molar-refractivity contribution in [3.8, 4) is 0 Å². The number of nitrogens with one attached hydrogen (secondary N) is 2. The number of rotatable bonds is 6. The molecular formula is C11H18N4OS. The largest absolute Gasteiger partial charge is 0.382 e. The minimum absolute atomic E-state index is 0.101. The zero-order chi connectivity index (χ0) is 12.3. The molecule has 0 radical (unpaired) electrons. The molecule has 4 N–H and O–H groups in total. The normalized spacial score (nSPS) is 14.6. The summed E-state index contributed by atoms with van der Waals surface area (Å²) in [5, 5.41) is 6.75. The smallest absolute Gasteiger partial charge is 0.265 e. The second-order valence-corrected chi connectivity index (χ2v) is 5.31. The number of anilines is 2. The Balaban J connectivity index is 1.93. The van der Waals surface area contributed by atoms with Gasteiger partial charge in [-0.3, -0.25) is 4.79 Å². The van der Waals surface area contributed by atoms with Crippen molar-refractivity contribution in [2.45, 2.75) is 26.2 Å². The van der Waals surface area contributed by atoms with Crippen molar-refractivity contribution in [1.82, 2.24) is 10.3 Å². The molecule has 1 saturated carbocycles. The van der Waals surface area contributed by atoms with Crippen molar-refractivity contribution in [3.05, 3.63) is 4.88 Å². The second-order valence-electron chi connectivity index (χ2n) is 4.31. The lowest BCUT2D eigenvalue weighted by Gasteiger charge is -2.01. The molecule has 0 unspecified atom stereocenters. The van der Waals surface area contributed by atoms with E-state index in [-0.39, 0.29) is 5.91 Å². The molecule has 6 heteroatoms. The lowest BCUT2D eigenvalue weighted by Crippen LogP contribution is -2.25. The lowest BCUT2D eigenvalue weighted by molar-refractivity contribution is 0.0956. The van der Waals surface area contributed by atoms with Crippen LogP contribution in [0.2, 0.25) is 0 Å². The molecule has 2 rings (SSSR count). The standard InChI is InChI=1S/C11H18N4OS/c1-2-5-13-11-15-9(12)8(17-11)10(16)14-6-7-3-4-7/h7H,2-6,12H2,1H3,(H,13,15)(H,14,16). The van der Waals surface area contributed by atoms with E-state index in [0.29, 0.717) is 16.6 Å². The summed E-state index contributed by atoms with van der Waals surface area (Å²) >= 11 is 1.32. The summed E-state index contributed by atoms with van der Waals surface area (Å²) in [6, 6.07) is 0. The molecule has 0 aliphatic heterocycles. The van der Waals surface area contributed by atoms with Crippen LogP contribution in [0.15, 0.2) is 0 Å². The highest BCUT2D eigenvalue weighted by molar-refractivity contribution is 7.18. The van der Waals surface area contributed by atoms with Gasteiger partial charge >= 0.3 is 0 Å². The summed E-state index contributed by atoms with van der Waals surface area (Å²) in [7, 11) is 0. The fourth-order valence-corrected chi connectivity index (χ4v) is 2.27. The Hall–Kier alpha value is -1.30. The predicted octanol–water partition coefficient (Wildman–Crippen LogP) is 1.69. The van der Waals surface area contributed by atoms with E-state index in [1.165, 1.54) is 24.2 Å². The monoisotopic (exact) mass is 254 g/mol. The molecule has 0 bridgehead atoms. The van der Waals surface area contributed by atoms with Gasteiger partial charge in [-0.25, -0.2) is 4.98 Å². The van der Waals surface area contributed by atoms with Gasteiger partial charge in [0.05, 0.1) is 0 Å². The number of hydrogen-bond donors (Lipinski definition) is 3. The van der Waals surface area contributed by atoms with Crippen molar-refractivity contribution < 1.29 is 4.79 Å². The van der Waals surface area contributed by atoms with Crippen LogP contribution in [0.3, 0.4) is 0 Å². The molecule has 5 nitrogen and oxygen atoms in total. The minimum Gasteiger partial charge on any atom is -0.382 e. The molecule has 0 aromatic carbocycles. The van der Waals surface area contributed by atoms with E-state index in [2.05, 4.69) is 22.5 Å². The first-order chi connectivity index (χ1) is 8.20. The number of carbonyl (C=O) groups is 1. The van der Waals surface area contributed by atoms with Gasteiger partial charge in [0, 0.05) is 13.1 Å². The number of nitrogens with zero attached hydrogens (tertiary/aromatic N) is 1. The molecule has 0 atom stereocenters. The summed E-state index contributed by atoms with van der Waals surface area (Å²) in [6.45, 7) is 3.68. The van der Waals surface area contributed by atoms with E-state index in [4.69, 9.17) is 5.73 Å². The summed E-state index contributed by atoms with van der Waals surface area (Å²) in [5.74, 6) is 0.893. The van der Waals surface area contributed by atoms with Crippen molar-refractivity contribution >= 4 is 28.2 Å². The molecule has 0 saturated heterocycles. The number of aromatic nitrogens is 1. The van der Waals surface area contributed by atoms with Crippen LogP contribution in [0.25, 0.3) is 0 Å². The average Bonchev–Trinajstić information content (AvgIpc) is 3.06. The van der Waals surface area contributed by atoms with Gasteiger partial charge in [-0.05, 0) is 25.2 Å². The number of nitrogen functional groups attached to an aromatic ring is 1. The molecule has 1 fully saturated rings. The van der Waals surface area contributed by atoms with Gasteiger partial charge in [0.25, 0.3) is 5.91 Å². The SMILES string of the molecule is CCCNc1nc(N)c(C(=O)NCC2CC2)s1. The van der Waals surface area contributed by atoms with E-state index in [9.17, 15) is 4.79 Å². The molecule has 17 heavy (non-hydrogen) atoms. The van der Waals surface area contributed by atoms with Gasteiger partial charge < -0.3 is 16.4 Å². The fraction of sp³-hybridized carbons (Fsp3) is 0.636. The van der Waals surface area contributed by atoms with Crippen molar-refractivity contribution in [3.63, 3.8) is 0 Å². The molecule has 1 aromatic rings. The topological polar surface area (TPSA) is 80.0 Å². The van der Waals surface area contributed by atoms with E-state index in [1.807, 2.05) is 0 Å². The summed E-state index contributed by atoms with van der Waals surface area (Å²) in [4.78, 5) is 16.5. The highest BCUT2D eigenvalue weighted by Gasteiger charge is 2.23. The van der Waals surface area contributed by atoms with Crippen LogP contribution in [-0.4, -0.2) is 24.0 Å². The van der Waals surface area contributed by atoms with Crippen LogP contribution in [0.4, 0.5) is 10.9 Å². The summed E-state index contributed by atoms with van der Waals surface area (Å²) in [5.41, 5.74) is 5.73. The third-order valence-corrected chi connectivity index (χ3v) is 3.66. The Labute approximate surface area is 105 Å². The first-order valence-electron chi connectivity index (χ1n) is 5.99. The minimum atomic E-state index is -0.101. The van der Waals surface area contributed by atoms with E-state index in [0.717, 1.165) is 24.6 Å². The molecule has 0 spiro atoms. The van der Waals surface area contributed by atoms with Gasteiger partial charge in [-0.2, -0.15) is 0 Å². The third kappa shape index (κ3) is 3.33. The van der Waals surface area contributed by atoms with E-state index >= 15 is 0 Å². The van der Waals surface area contributed by atoms with Crippen molar-refractivity contribution in [1.29, 1.82) is 0 Å². The average molecular weight is 254 g/mol. The molecule has 1 heterocycles. The molecule has 94 valence electrons. The summed E-state index contributed by atoms with van der Waals surface area (Å²) in [6.07, 6.45) is 3.46. The maximum absolute atomic E-state index is 11.8. The molecule has 1 aromatic heterocycles. The van der Waals surface area contributed by atoms with Gasteiger partial charge in [0.15, 0.2) is 5.13 Å². The first kappa shape index (κ1) is 12.2. The van der Waals surface area contributed by atoms with E-state index < -0.39 is 0 Å². The van der Waals surface area contributed by atoms with Crippen LogP contribution in [0.5, 0.6) is 0 Å². The van der Waals surface area contributed by atoms with Gasteiger partial charge in [-0.15, -0.1) is 0 Å². The molecule has 1 aliphatic carbocycles. The van der Waals surface area contributed by atoms with Crippen molar-refractivity contribution in [2.24, 2.45) is 5.92 Å². The summed E-state index contributed by atoms with van der Waals surface area (Å²) < 4.78 is 0. The Kier molecular flexibility index (Phi) is 3.83. The van der Waals surface area contributed by atoms with Crippen LogP contribution < -0.4 is 16.4 Å². The van der Waals surface area contributed by atoms with Gasteiger partial charge in [0.1, 0.15) is 10.7 Å². The zero-order valence-corrected chi connectivity index (χ0v) is 10.8.